The van der Waals surface area contributed by atoms with Gasteiger partial charge in [0.25, 0.3) is 0 Å². The Morgan fingerprint density at radius 2 is 1.92 bits per heavy atom. The molecular weight excluding hydrogens is 322 g/mol. The molecule has 1 aromatic heterocycles. The monoisotopic (exact) mass is 343 g/mol. The summed E-state index contributed by atoms with van der Waals surface area (Å²) in [6, 6.07) is 18.5. The molecule has 1 aliphatic carbocycles. The average Bonchev–Trinajstić information content (AvgIpc) is 3.33. The van der Waals surface area contributed by atoms with Crippen LogP contribution in [0.5, 0.6) is 0 Å². The van der Waals surface area contributed by atoms with Gasteiger partial charge in [-0.2, -0.15) is 5.10 Å². The molecule has 0 saturated carbocycles. The van der Waals surface area contributed by atoms with Gasteiger partial charge in [0.05, 0.1) is 17.9 Å². The molecule has 1 amide bonds. The summed E-state index contributed by atoms with van der Waals surface area (Å²) in [5.74, 6) is 0.0131. The van der Waals surface area contributed by atoms with Crippen LogP contribution < -0.4 is 0 Å². The van der Waals surface area contributed by atoms with Crippen LogP contribution in [-0.2, 0) is 11.2 Å². The standard InChI is InChI=1S/C22H21N3O/c1-24(21-13-12-18-7-5-6-10-20(18)21)22(26)14-11-17-15-23-25(16-17)19-8-3-2-4-9-19/h2-11,14-16,21H,12-13H2,1H3/b14-11-/t21-/m1/s1. The summed E-state index contributed by atoms with van der Waals surface area (Å²) >= 11 is 0. The number of hydrogen-bond acceptors (Lipinski definition) is 2. The zero-order chi connectivity index (χ0) is 17.9. The topological polar surface area (TPSA) is 38.1 Å². The van der Waals surface area contributed by atoms with E-state index in [2.05, 4.69) is 23.3 Å². The van der Waals surface area contributed by atoms with E-state index in [0.717, 1.165) is 24.1 Å². The van der Waals surface area contributed by atoms with Crippen LogP contribution in [-0.4, -0.2) is 27.6 Å². The molecular formula is C22H21N3O. The highest BCUT2D eigenvalue weighted by Gasteiger charge is 2.27. The van der Waals surface area contributed by atoms with Crippen molar-refractivity contribution < 1.29 is 4.79 Å². The predicted molar refractivity (Wildman–Crippen MR) is 103 cm³/mol. The summed E-state index contributed by atoms with van der Waals surface area (Å²) in [7, 11) is 1.88. The number of aromatic nitrogens is 2. The molecule has 0 aliphatic heterocycles. The molecule has 4 rings (SSSR count). The third-order valence-corrected chi connectivity index (χ3v) is 4.96. The Hall–Kier alpha value is -3.14. The number of benzene rings is 2. The van der Waals surface area contributed by atoms with Gasteiger partial charge in [-0.05, 0) is 42.2 Å². The number of likely N-dealkylation sites (N-methyl/N-ethyl adjacent to an activating group) is 1. The second kappa shape index (κ2) is 7.00. The Morgan fingerprint density at radius 1 is 1.15 bits per heavy atom. The van der Waals surface area contributed by atoms with Gasteiger partial charge in [0, 0.05) is 24.9 Å². The van der Waals surface area contributed by atoms with Crippen molar-refractivity contribution in [3.8, 4) is 5.69 Å². The SMILES string of the molecule is CN(C(=O)/C=C\c1cnn(-c2ccccc2)c1)[C@@H]1CCc2ccccc21. The lowest BCUT2D eigenvalue weighted by molar-refractivity contribution is -0.126. The first-order valence-electron chi connectivity index (χ1n) is 8.85. The van der Waals surface area contributed by atoms with Crippen molar-refractivity contribution in [1.29, 1.82) is 0 Å². The minimum atomic E-state index is 0.0131. The third kappa shape index (κ3) is 3.18. The van der Waals surface area contributed by atoms with Crippen LogP contribution in [0.15, 0.2) is 73.1 Å². The molecule has 0 bridgehead atoms. The normalized spacial score (nSPS) is 16.0. The molecule has 2 aromatic carbocycles. The average molecular weight is 343 g/mol. The molecule has 4 nitrogen and oxygen atoms in total. The number of hydrogen-bond donors (Lipinski definition) is 0. The summed E-state index contributed by atoms with van der Waals surface area (Å²) in [5.41, 5.74) is 4.53. The number of amides is 1. The first kappa shape index (κ1) is 16.3. The number of rotatable bonds is 4. The van der Waals surface area contributed by atoms with Gasteiger partial charge in [-0.3, -0.25) is 4.79 Å². The van der Waals surface area contributed by atoms with Crippen molar-refractivity contribution in [2.75, 3.05) is 7.05 Å². The molecule has 0 N–H and O–H groups in total. The number of carbonyl (C=O) groups excluding carboxylic acids is 1. The maximum absolute atomic E-state index is 12.6. The molecule has 0 unspecified atom stereocenters. The summed E-state index contributed by atoms with van der Waals surface area (Å²) in [5, 5.41) is 4.36. The highest BCUT2D eigenvalue weighted by Crippen LogP contribution is 2.34. The van der Waals surface area contributed by atoms with Gasteiger partial charge in [-0.25, -0.2) is 4.68 Å². The zero-order valence-electron chi connectivity index (χ0n) is 14.7. The van der Waals surface area contributed by atoms with E-state index in [-0.39, 0.29) is 11.9 Å². The first-order chi connectivity index (χ1) is 12.7. The second-order valence-electron chi connectivity index (χ2n) is 6.59. The van der Waals surface area contributed by atoms with Crippen LogP contribution in [0.1, 0.15) is 29.2 Å². The van der Waals surface area contributed by atoms with Crippen LogP contribution in [0.3, 0.4) is 0 Å². The fourth-order valence-corrected chi connectivity index (χ4v) is 3.52. The Morgan fingerprint density at radius 3 is 2.77 bits per heavy atom. The van der Waals surface area contributed by atoms with E-state index in [1.54, 1.807) is 17.0 Å². The Labute approximate surface area is 153 Å². The predicted octanol–water partition coefficient (Wildman–Crippen LogP) is 4.03. The van der Waals surface area contributed by atoms with E-state index in [0.29, 0.717) is 0 Å². The van der Waals surface area contributed by atoms with Crippen molar-refractivity contribution in [2.45, 2.75) is 18.9 Å². The van der Waals surface area contributed by atoms with Gasteiger partial charge in [-0.15, -0.1) is 0 Å². The highest BCUT2D eigenvalue weighted by molar-refractivity contribution is 5.91. The lowest BCUT2D eigenvalue weighted by Gasteiger charge is -2.24. The summed E-state index contributed by atoms with van der Waals surface area (Å²) < 4.78 is 1.81. The Bertz CT molecular complexity index is 943. The van der Waals surface area contributed by atoms with E-state index < -0.39 is 0 Å². The van der Waals surface area contributed by atoms with Crippen molar-refractivity contribution in [3.05, 3.63) is 89.8 Å². The largest absolute Gasteiger partial charge is 0.335 e. The van der Waals surface area contributed by atoms with Crippen LogP contribution >= 0.6 is 0 Å². The first-order valence-corrected chi connectivity index (χ1v) is 8.85. The van der Waals surface area contributed by atoms with Crippen LogP contribution in [0.4, 0.5) is 0 Å². The van der Waals surface area contributed by atoms with Gasteiger partial charge >= 0.3 is 0 Å². The third-order valence-electron chi connectivity index (χ3n) is 4.96. The summed E-state index contributed by atoms with van der Waals surface area (Å²) in [6.07, 6.45) is 9.17. The van der Waals surface area contributed by atoms with Gasteiger partial charge in [0.2, 0.25) is 5.91 Å². The maximum atomic E-state index is 12.6. The number of aryl methyl sites for hydroxylation is 1. The maximum Gasteiger partial charge on any atom is 0.246 e. The van der Waals surface area contributed by atoms with Gasteiger partial charge < -0.3 is 4.90 Å². The molecule has 1 atom stereocenters. The van der Waals surface area contributed by atoms with Crippen molar-refractivity contribution >= 4 is 12.0 Å². The highest BCUT2D eigenvalue weighted by atomic mass is 16.2. The number of nitrogens with zero attached hydrogens (tertiary/aromatic N) is 3. The fraction of sp³-hybridized carbons (Fsp3) is 0.182. The van der Waals surface area contributed by atoms with Gasteiger partial charge in [0.15, 0.2) is 0 Å². The number of para-hydroxylation sites is 1. The summed E-state index contributed by atoms with van der Waals surface area (Å²) in [4.78, 5) is 14.4. The van der Waals surface area contributed by atoms with E-state index in [1.165, 1.54) is 11.1 Å². The van der Waals surface area contributed by atoms with Crippen LogP contribution in [0, 0.1) is 0 Å². The lowest BCUT2D eigenvalue weighted by atomic mass is 10.1. The smallest absolute Gasteiger partial charge is 0.246 e. The molecule has 0 radical (unpaired) electrons. The van der Waals surface area contributed by atoms with Crippen molar-refractivity contribution in [2.24, 2.45) is 0 Å². The van der Waals surface area contributed by atoms with Crippen molar-refractivity contribution in [3.63, 3.8) is 0 Å². The molecule has 130 valence electrons. The molecule has 3 aromatic rings. The molecule has 26 heavy (non-hydrogen) atoms. The quantitative estimate of drug-likeness (QED) is 0.671. The molecule has 0 fully saturated rings. The van der Waals surface area contributed by atoms with E-state index in [4.69, 9.17) is 0 Å². The lowest BCUT2D eigenvalue weighted by Crippen LogP contribution is -2.28. The van der Waals surface area contributed by atoms with E-state index in [1.807, 2.05) is 60.6 Å². The minimum Gasteiger partial charge on any atom is -0.335 e. The van der Waals surface area contributed by atoms with Crippen LogP contribution in [0.2, 0.25) is 0 Å². The molecule has 4 heteroatoms. The number of fused-ring (bicyclic) bond motifs is 1. The van der Waals surface area contributed by atoms with Gasteiger partial charge in [-0.1, -0.05) is 42.5 Å². The summed E-state index contributed by atoms with van der Waals surface area (Å²) in [6.45, 7) is 0. The van der Waals surface area contributed by atoms with Gasteiger partial charge in [0.1, 0.15) is 0 Å². The Balaban J connectivity index is 1.46. The molecule has 1 heterocycles. The minimum absolute atomic E-state index is 0.0131. The molecule has 1 aliphatic rings. The zero-order valence-corrected chi connectivity index (χ0v) is 14.7. The molecule has 0 saturated heterocycles. The van der Waals surface area contributed by atoms with Crippen LogP contribution in [0.25, 0.3) is 11.8 Å². The van der Waals surface area contributed by atoms with E-state index in [9.17, 15) is 4.79 Å². The Kier molecular flexibility index (Phi) is 4.40. The van der Waals surface area contributed by atoms with E-state index >= 15 is 0 Å². The second-order valence-corrected chi connectivity index (χ2v) is 6.59. The molecule has 0 spiro atoms. The van der Waals surface area contributed by atoms with Crippen molar-refractivity contribution in [1.82, 2.24) is 14.7 Å². The number of carbonyl (C=O) groups is 1. The fourth-order valence-electron chi connectivity index (χ4n) is 3.52.